The highest BCUT2D eigenvalue weighted by Crippen LogP contribution is 2.36. The Morgan fingerprint density at radius 2 is 1.68 bits per heavy atom. The average molecular weight is 473 g/mol. The normalized spacial score (nSPS) is 17.6. The monoisotopic (exact) mass is 472 g/mol. The van der Waals surface area contributed by atoms with Crippen molar-refractivity contribution in [3.05, 3.63) is 58.1 Å². The number of carbonyl (C=O) groups excluding carboxylic acids is 1. The summed E-state index contributed by atoms with van der Waals surface area (Å²) in [6.45, 7) is 1.15. The molecule has 4 rings (SSSR count). The minimum atomic E-state index is -4.47. The Morgan fingerprint density at radius 1 is 0.968 bits per heavy atom. The Hall–Kier alpha value is -2.10. The van der Waals surface area contributed by atoms with E-state index in [1.165, 1.54) is 33.5 Å². The molecule has 1 fully saturated rings. The Bertz CT molecular complexity index is 1130. The van der Waals surface area contributed by atoms with Gasteiger partial charge in [-0.05, 0) is 67.6 Å². The van der Waals surface area contributed by atoms with Crippen LogP contribution in [-0.4, -0.2) is 38.3 Å². The first-order valence-electron chi connectivity index (χ1n) is 9.91. The first kappa shape index (κ1) is 22.1. The number of benzene rings is 2. The molecular weight excluding hydrogens is 453 g/mol. The molecule has 0 unspecified atom stereocenters. The van der Waals surface area contributed by atoms with E-state index in [4.69, 9.17) is 11.6 Å². The number of fused-ring (bicyclic) bond motifs is 1. The molecular formula is C21H20ClF3N2O3S. The van der Waals surface area contributed by atoms with Crippen molar-refractivity contribution in [2.45, 2.75) is 36.8 Å². The van der Waals surface area contributed by atoms with Gasteiger partial charge in [-0.1, -0.05) is 11.6 Å². The summed E-state index contributed by atoms with van der Waals surface area (Å²) in [4.78, 5) is 14.6. The van der Waals surface area contributed by atoms with Gasteiger partial charge in [0.25, 0.3) is 5.91 Å². The number of amides is 1. The van der Waals surface area contributed by atoms with Gasteiger partial charge in [0.15, 0.2) is 0 Å². The third kappa shape index (κ3) is 4.18. The lowest BCUT2D eigenvalue weighted by Crippen LogP contribution is -2.36. The summed E-state index contributed by atoms with van der Waals surface area (Å²) >= 11 is 6.23. The molecule has 0 atom stereocenters. The van der Waals surface area contributed by atoms with Crippen molar-refractivity contribution in [2.75, 3.05) is 24.5 Å². The van der Waals surface area contributed by atoms with Gasteiger partial charge in [-0.2, -0.15) is 17.5 Å². The number of sulfonamides is 1. The number of nitrogens with zero attached hydrogens (tertiary/aromatic N) is 2. The predicted octanol–water partition coefficient (Wildman–Crippen LogP) is 4.74. The van der Waals surface area contributed by atoms with Crippen LogP contribution in [-0.2, 0) is 22.6 Å². The highest BCUT2D eigenvalue weighted by atomic mass is 35.5. The number of anilines is 1. The lowest BCUT2D eigenvalue weighted by atomic mass is 9.98. The van der Waals surface area contributed by atoms with Crippen LogP contribution in [0.4, 0.5) is 18.9 Å². The molecule has 1 saturated heterocycles. The molecule has 0 aromatic heterocycles. The van der Waals surface area contributed by atoms with Gasteiger partial charge in [0.05, 0.1) is 21.0 Å². The van der Waals surface area contributed by atoms with Gasteiger partial charge in [0.2, 0.25) is 10.0 Å². The summed E-state index contributed by atoms with van der Waals surface area (Å²) in [5.74, 6) is -0.538. The van der Waals surface area contributed by atoms with E-state index in [-0.39, 0.29) is 15.5 Å². The summed E-state index contributed by atoms with van der Waals surface area (Å²) < 4.78 is 66.3. The molecule has 2 aromatic carbocycles. The summed E-state index contributed by atoms with van der Waals surface area (Å²) in [5, 5.41) is 0.0874. The van der Waals surface area contributed by atoms with E-state index < -0.39 is 27.7 Å². The van der Waals surface area contributed by atoms with Crippen LogP contribution in [0.15, 0.2) is 41.3 Å². The SMILES string of the molecule is O=C(c1cc(S(=O)(=O)N2CCCC2)ccc1Cl)N1CCCc2cc(C(F)(F)F)ccc21. The van der Waals surface area contributed by atoms with Crippen LogP contribution < -0.4 is 4.90 Å². The average Bonchev–Trinajstić information content (AvgIpc) is 3.28. The number of hydrogen-bond donors (Lipinski definition) is 0. The molecule has 0 bridgehead atoms. The fraction of sp³-hybridized carbons (Fsp3) is 0.381. The molecule has 2 heterocycles. The van der Waals surface area contributed by atoms with Crippen LogP contribution in [0, 0.1) is 0 Å². The first-order valence-corrected chi connectivity index (χ1v) is 11.7. The van der Waals surface area contributed by atoms with Crippen molar-refractivity contribution in [3.63, 3.8) is 0 Å². The van der Waals surface area contributed by atoms with Crippen molar-refractivity contribution in [1.29, 1.82) is 0 Å². The number of carbonyl (C=O) groups is 1. The van der Waals surface area contributed by atoms with E-state index in [1.807, 2.05) is 0 Å². The Kier molecular flexibility index (Phi) is 5.78. The summed E-state index contributed by atoms with van der Waals surface area (Å²) in [6.07, 6.45) is -2.00. The van der Waals surface area contributed by atoms with Crippen molar-refractivity contribution in [2.24, 2.45) is 0 Å². The number of rotatable bonds is 3. The van der Waals surface area contributed by atoms with Crippen molar-refractivity contribution >= 4 is 33.2 Å². The molecule has 10 heteroatoms. The Morgan fingerprint density at radius 3 is 2.35 bits per heavy atom. The Balaban J connectivity index is 1.70. The van der Waals surface area contributed by atoms with Gasteiger partial charge in [0.1, 0.15) is 0 Å². The zero-order valence-electron chi connectivity index (χ0n) is 16.5. The lowest BCUT2D eigenvalue weighted by Gasteiger charge is -2.30. The second kappa shape index (κ2) is 8.11. The maximum absolute atomic E-state index is 13.3. The zero-order chi connectivity index (χ0) is 22.4. The number of hydrogen-bond acceptors (Lipinski definition) is 3. The standard InChI is InChI=1S/C21H20ClF3N2O3S/c22-18-7-6-16(31(29,30)26-9-1-2-10-26)13-17(18)20(28)27-11-3-4-14-12-15(21(23,24)25)5-8-19(14)27/h5-8,12-13H,1-4,9-11H2. The number of halogens is 4. The maximum Gasteiger partial charge on any atom is 0.416 e. The molecule has 0 spiro atoms. The van der Waals surface area contributed by atoms with Crippen LogP contribution in [0.2, 0.25) is 5.02 Å². The lowest BCUT2D eigenvalue weighted by molar-refractivity contribution is -0.137. The van der Waals surface area contributed by atoms with E-state index in [9.17, 15) is 26.4 Å². The molecule has 1 amide bonds. The van der Waals surface area contributed by atoms with Crippen LogP contribution in [0.25, 0.3) is 0 Å². The van der Waals surface area contributed by atoms with Gasteiger partial charge in [-0.25, -0.2) is 8.42 Å². The molecule has 2 aliphatic rings. The van der Waals surface area contributed by atoms with Gasteiger partial charge >= 0.3 is 6.18 Å². The van der Waals surface area contributed by atoms with Crippen molar-refractivity contribution in [1.82, 2.24) is 4.31 Å². The molecule has 5 nitrogen and oxygen atoms in total. The predicted molar refractivity (Wildman–Crippen MR) is 111 cm³/mol. The molecule has 2 aliphatic heterocycles. The van der Waals surface area contributed by atoms with E-state index in [2.05, 4.69) is 0 Å². The smallest absolute Gasteiger partial charge is 0.308 e. The molecule has 0 saturated carbocycles. The topological polar surface area (TPSA) is 57.7 Å². The van der Waals surface area contributed by atoms with E-state index in [1.54, 1.807) is 0 Å². The second-order valence-electron chi connectivity index (χ2n) is 7.65. The zero-order valence-corrected chi connectivity index (χ0v) is 18.0. The molecule has 0 radical (unpaired) electrons. The second-order valence-corrected chi connectivity index (χ2v) is 10.00. The number of aryl methyl sites for hydroxylation is 1. The maximum atomic E-state index is 13.3. The van der Waals surface area contributed by atoms with Gasteiger partial charge in [-0.15, -0.1) is 0 Å². The molecule has 166 valence electrons. The summed E-state index contributed by atoms with van der Waals surface area (Å²) in [6, 6.07) is 7.29. The van der Waals surface area contributed by atoms with Crippen LogP contribution >= 0.6 is 11.6 Å². The number of alkyl halides is 3. The minimum absolute atomic E-state index is 0.00897. The fourth-order valence-corrected chi connectivity index (χ4v) is 5.78. The van der Waals surface area contributed by atoms with Gasteiger partial charge in [-0.3, -0.25) is 4.79 Å². The molecule has 31 heavy (non-hydrogen) atoms. The largest absolute Gasteiger partial charge is 0.416 e. The fourth-order valence-electron chi connectivity index (χ4n) is 4.04. The minimum Gasteiger partial charge on any atom is -0.308 e. The van der Waals surface area contributed by atoms with Crippen LogP contribution in [0.3, 0.4) is 0 Å². The van der Waals surface area contributed by atoms with E-state index in [0.717, 1.165) is 25.0 Å². The highest BCUT2D eigenvalue weighted by Gasteiger charge is 2.34. The van der Waals surface area contributed by atoms with Gasteiger partial charge < -0.3 is 4.90 Å². The quantitative estimate of drug-likeness (QED) is 0.648. The molecule has 2 aromatic rings. The molecule has 0 N–H and O–H groups in total. The van der Waals surface area contributed by atoms with E-state index >= 15 is 0 Å². The van der Waals surface area contributed by atoms with Crippen molar-refractivity contribution in [3.8, 4) is 0 Å². The van der Waals surface area contributed by atoms with Crippen molar-refractivity contribution < 1.29 is 26.4 Å². The van der Waals surface area contributed by atoms with Crippen LogP contribution in [0.1, 0.15) is 40.7 Å². The summed E-state index contributed by atoms with van der Waals surface area (Å²) in [5.41, 5.74) is 0.0477. The first-order chi connectivity index (χ1) is 14.6. The van der Waals surface area contributed by atoms with Crippen LogP contribution in [0.5, 0.6) is 0 Å². The van der Waals surface area contributed by atoms with E-state index in [0.29, 0.717) is 43.7 Å². The third-order valence-corrected chi connectivity index (χ3v) is 7.87. The highest BCUT2D eigenvalue weighted by molar-refractivity contribution is 7.89. The third-order valence-electron chi connectivity index (χ3n) is 5.64. The summed E-state index contributed by atoms with van der Waals surface area (Å²) in [7, 11) is -3.75. The molecule has 0 aliphatic carbocycles. The van der Waals surface area contributed by atoms with Gasteiger partial charge in [0, 0.05) is 25.3 Å². The Labute approximate surface area is 183 Å².